The Hall–Kier alpha value is -4.13. The van der Waals surface area contributed by atoms with Crippen molar-refractivity contribution in [2.45, 2.75) is 134 Å². The van der Waals surface area contributed by atoms with E-state index in [4.69, 9.17) is 20.7 Å². The molecule has 0 saturated carbocycles. The molecule has 4 rings (SSSR count). The van der Waals surface area contributed by atoms with Crippen molar-refractivity contribution < 1.29 is 82.5 Å². The van der Waals surface area contributed by atoms with E-state index in [-0.39, 0.29) is 78.3 Å². The van der Waals surface area contributed by atoms with Crippen LogP contribution in [0, 0.1) is 109 Å². The summed E-state index contributed by atoms with van der Waals surface area (Å²) in [5, 5.41) is 82.9. The Morgan fingerprint density at radius 1 is 0.429 bits per heavy atom. The van der Waals surface area contributed by atoms with Gasteiger partial charge in [-0.2, -0.15) is 10.5 Å². The van der Waals surface area contributed by atoms with Gasteiger partial charge in [0.2, 0.25) is 0 Å². The normalized spacial score (nSPS) is 9.97. The van der Waals surface area contributed by atoms with Crippen molar-refractivity contribution in [2.24, 2.45) is 0 Å². The summed E-state index contributed by atoms with van der Waals surface area (Å²) in [7, 11) is 0. The molecule has 63 heavy (non-hydrogen) atoms. The van der Waals surface area contributed by atoms with Gasteiger partial charge in [0.25, 0.3) is 0 Å². The fourth-order valence-corrected chi connectivity index (χ4v) is 7.58. The second-order valence-corrected chi connectivity index (χ2v) is 16.0. The van der Waals surface area contributed by atoms with Crippen LogP contribution in [0.1, 0.15) is 119 Å². The van der Waals surface area contributed by atoms with E-state index < -0.39 is 0 Å². The number of hydrogen-bond donors (Lipinski definition) is 4. The quantitative estimate of drug-likeness (QED) is 0.104. The van der Waals surface area contributed by atoms with Crippen LogP contribution < -0.4 is 30.2 Å². The Balaban J connectivity index is -0.000000973. The second-order valence-electron chi connectivity index (χ2n) is 16.0. The molecule has 13 heteroatoms. The van der Waals surface area contributed by atoms with Gasteiger partial charge < -0.3 is 51.4 Å². The number of aliphatic hydroxyl groups excluding tert-OH is 2. The summed E-state index contributed by atoms with van der Waals surface area (Å²) in [5.74, 6) is 0.430. The molecule has 0 aliphatic heterocycles. The van der Waals surface area contributed by atoms with E-state index in [1.165, 1.54) is 23.6 Å². The maximum absolute atomic E-state index is 12.6. The predicted octanol–water partition coefficient (Wildman–Crippen LogP) is 4.45. The van der Waals surface area contributed by atoms with Gasteiger partial charge in [0.15, 0.2) is 0 Å². The Morgan fingerprint density at radius 3 is 0.825 bits per heavy atom. The van der Waals surface area contributed by atoms with Crippen LogP contribution in [-0.4, -0.2) is 36.5 Å². The SMILES string of the molecule is CC#N.CC#N.Cc1cc(C)c([O-])c(C[NH+](CCCCCO)Cc2cc(C)cc(C)c2[O-])c1.Cc1cc(C)c([O-])c(C[NH+](CCCCCO)Cc2cc(C)cc(C)c2[O-])c1.[O-2].[O-2].[U]. The average molecular weight is 1090 g/mol. The van der Waals surface area contributed by atoms with Crippen LogP contribution in [0.5, 0.6) is 23.0 Å². The van der Waals surface area contributed by atoms with Gasteiger partial charge >= 0.3 is 0 Å². The van der Waals surface area contributed by atoms with Crippen molar-refractivity contribution in [3.8, 4) is 35.1 Å². The molecular weight excluding hydrogens is 1020 g/mol. The van der Waals surface area contributed by atoms with Gasteiger partial charge in [0.1, 0.15) is 26.2 Å². The van der Waals surface area contributed by atoms with Gasteiger partial charge in [-0.15, -0.1) is 0 Å². The minimum atomic E-state index is 0. The van der Waals surface area contributed by atoms with E-state index in [9.17, 15) is 20.4 Å². The molecule has 0 atom stereocenters. The van der Waals surface area contributed by atoms with Crippen LogP contribution in [0.2, 0.25) is 0 Å². The molecule has 0 saturated heterocycles. The minimum Gasteiger partial charge on any atom is -2.00 e. The first-order chi connectivity index (χ1) is 28.5. The molecule has 0 radical (unpaired) electrons. The first-order valence-corrected chi connectivity index (χ1v) is 21.1. The number of aliphatic hydroxyl groups is 2. The maximum Gasteiger partial charge on any atom is 0.102 e. The van der Waals surface area contributed by atoms with Gasteiger partial charge in [-0.1, -0.05) is 116 Å². The fourth-order valence-electron chi connectivity index (χ4n) is 7.58. The first kappa shape index (κ1) is 63.2. The molecule has 0 amide bonds. The molecule has 4 aromatic rings. The summed E-state index contributed by atoms with van der Waals surface area (Å²) in [4.78, 5) is 2.44. The van der Waals surface area contributed by atoms with Crippen molar-refractivity contribution in [1.82, 2.24) is 0 Å². The number of nitrogens with one attached hydrogen (secondary N) is 2. The molecule has 0 aliphatic rings. The Kier molecular flexibility index (Phi) is 34.4. The number of unbranched alkanes of at least 4 members (excludes halogenated alkanes) is 4. The van der Waals surface area contributed by atoms with Crippen LogP contribution in [0.4, 0.5) is 0 Å². The molecule has 348 valence electrons. The molecule has 0 spiro atoms. The number of nitrogens with zero attached hydrogens (tertiary/aromatic N) is 2. The predicted molar refractivity (Wildman–Crippen MR) is 234 cm³/mol. The summed E-state index contributed by atoms with van der Waals surface area (Å²) in [6.45, 7) is 23.0. The molecule has 0 bridgehead atoms. The summed E-state index contributed by atoms with van der Waals surface area (Å²) < 4.78 is 0. The standard InChI is InChI=1S/2C23H33NO3.2C2H3N.2O.U/c2*1-16-10-18(3)22(26)20(12-16)14-24(8-6-5-7-9-25)15-21-13-17(2)11-19(4)23(21)27;2*1-2-3;;;/h2*10-13,25-27H,5-9,14-15H2,1-4H3;2*1H3;;;/q;;;;2*-2;/p-2. The van der Waals surface area contributed by atoms with E-state index in [2.05, 4.69) is 0 Å². The zero-order chi connectivity index (χ0) is 45.4. The van der Waals surface area contributed by atoms with E-state index in [0.717, 1.165) is 118 Å². The molecule has 0 aromatic heterocycles. The number of aryl methyl sites for hydroxylation is 8. The van der Waals surface area contributed by atoms with Crippen molar-refractivity contribution in [3.63, 3.8) is 0 Å². The molecule has 4 N–H and O–H groups in total. The fraction of sp³-hybridized carbons (Fsp3) is 0.480. The van der Waals surface area contributed by atoms with E-state index in [1.807, 2.05) is 104 Å². The van der Waals surface area contributed by atoms with Crippen LogP contribution in [0.3, 0.4) is 0 Å². The smallest absolute Gasteiger partial charge is 0.102 e. The van der Waals surface area contributed by atoms with Crippen LogP contribution >= 0.6 is 0 Å². The third-order valence-corrected chi connectivity index (χ3v) is 10.1. The Morgan fingerprint density at radius 2 is 0.635 bits per heavy atom. The summed E-state index contributed by atoms with van der Waals surface area (Å²) >= 11 is 0. The summed E-state index contributed by atoms with van der Waals surface area (Å²) in [6.07, 6.45) is 5.42. The maximum atomic E-state index is 12.6. The number of benzene rings is 4. The van der Waals surface area contributed by atoms with Crippen molar-refractivity contribution >= 4 is 0 Å². The number of rotatable bonds is 18. The number of hydrogen-bond acceptors (Lipinski definition) is 8. The van der Waals surface area contributed by atoms with Crippen molar-refractivity contribution in [3.05, 3.63) is 115 Å². The van der Waals surface area contributed by atoms with Crippen LogP contribution in [0.15, 0.2) is 48.5 Å². The van der Waals surface area contributed by atoms with Crippen molar-refractivity contribution in [2.75, 3.05) is 26.3 Å². The summed E-state index contributed by atoms with van der Waals surface area (Å²) in [6, 6.07) is 19.1. The van der Waals surface area contributed by atoms with Crippen molar-refractivity contribution in [1.29, 1.82) is 10.5 Å². The van der Waals surface area contributed by atoms with E-state index in [1.54, 1.807) is 12.1 Å². The van der Waals surface area contributed by atoms with Gasteiger partial charge in [-0.25, -0.2) is 0 Å². The number of quaternary nitrogens is 2. The largest absolute Gasteiger partial charge is 2.00 e. The molecule has 0 heterocycles. The molecule has 12 nitrogen and oxygen atoms in total. The molecular formula is C50H70N4O8U-6. The monoisotopic (exact) mass is 1090 g/mol. The minimum absolute atomic E-state index is 0. The van der Waals surface area contributed by atoms with Gasteiger partial charge in [0, 0.05) is 58.2 Å². The Bertz CT molecular complexity index is 1750. The van der Waals surface area contributed by atoms with Gasteiger partial charge in [0.05, 0.1) is 25.2 Å². The van der Waals surface area contributed by atoms with E-state index >= 15 is 0 Å². The second kappa shape index (κ2) is 34.3. The number of nitriles is 2. The van der Waals surface area contributed by atoms with E-state index in [0.29, 0.717) is 26.2 Å². The third kappa shape index (κ3) is 23.4. The topological polar surface area (TPSA) is 246 Å². The van der Waals surface area contributed by atoms with Gasteiger partial charge in [-0.05, 0) is 116 Å². The third-order valence-electron chi connectivity index (χ3n) is 10.1. The molecule has 0 fully saturated rings. The zero-order valence-electron chi connectivity index (χ0n) is 39.3. The first-order valence-electron chi connectivity index (χ1n) is 21.1. The Labute approximate surface area is 401 Å². The average Bonchev–Trinajstić information content (AvgIpc) is 3.17. The summed E-state index contributed by atoms with van der Waals surface area (Å²) in [5.41, 5.74) is 10.8. The van der Waals surface area contributed by atoms with Crippen LogP contribution in [0.25, 0.3) is 0 Å². The molecule has 0 unspecified atom stereocenters. The zero-order valence-corrected chi connectivity index (χ0v) is 43.4. The molecule has 0 aliphatic carbocycles. The van der Waals surface area contributed by atoms with Gasteiger partial charge in [-0.3, -0.25) is 0 Å². The molecule has 4 aromatic carbocycles. The van der Waals surface area contributed by atoms with Crippen LogP contribution in [-0.2, 0) is 37.1 Å².